The second-order valence-electron chi connectivity index (χ2n) is 3.02. The van der Waals surface area contributed by atoms with Crippen molar-refractivity contribution in [2.45, 2.75) is 12.8 Å². The van der Waals surface area contributed by atoms with Gasteiger partial charge in [0.25, 0.3) is 0 Å². The summed E-state index contributed by atoms with van der Waals surface area (Å²) < 4.78 is 25.6. The Morgan fingerprint density at radius 3 is 2.57 bits per heavy atom. The molecule has 7 heteroatoms. The number of alkyl halides is 1. The van der Waals surface area contributed by atoms with Crippen LogP contribution in [0.25, 0.3) is 0 Å². The second-order valence-corrected chi connectivity index (χ2v) is 5.30. The molecule has 0 aliphatic rings. The molecule has 0 aliphatic heterocycles. The molecule has 1 aromatic rings. The Morgan fingerprint density at radius 2 is 2.14 bits per heavy atom. The molecule has 0 amide bonds. The van der Waals surface area contributed by atoms with Crippen LogP contribution in [0.1, 0.15) is 11.5 Å². The van der Waals surface area contributed by atoms with Crippen molar-refractivity contribution in [1.82, 2.24) is 13.3 Å². The van der Waals surface area contributed by atoms with Crippen LogP contribution in [0.3, 0.4) is 0 Å². The van der Waals surface area contributed by atoms with Gasteiger partial charge >= 0.3 is 10.2 Å². The summed E-state index contributed by atoms with van der Waals surface area (Å²) in [4.78, 5) is 4.00. The molecule has 80 valence electrons. The van der Waals surface area contributed by atoms with Gasteiger partial charge in [0.2, 0.25) is 0 Å². The maximum atomic E-state index is 11.7. The first kappa shape index (κ1) is 11.5. The van der Waals surface area contributed by atoms with Gasteiger partial charge in [-0.25, -0.2) is 8.96 Å². The SMILES string of the molecule is Cc1cn(S(=O)(=O)N(C)C)c(CCl)n1. The van der Waals surface area contributed by atoms with Gasteiger partial charge in [-0.15, -0.1) is 11.6 Å². The molecule has 0 bridgehead atoms. The van der Waals surface area contributed by atoms with Crippen molar-refractivity contribution in [2.24, 2.45) is 0 Å². The highest BCUT2D eigenvalue weighted by atomic mass is 35.5. The minimum Gasteiger partial charge on any atom is -0.236 e. The number of aromatic nitrogens is 2. The summed E-state index contributed by atoms with van der Waals surface area (Å²) in [6.45, 7) is 1.72. The summed E-state index contributed by atoms with van der Waals surface area (Å²) >= 11 is 5.59. The van der Waals surface area contributed by atoms with E-state index in [1.54, 1.807) is 6.92 Å². The van der Waals surface area contributed by atoms with Gasteiger partial charge in [-0.1, -0.05) is 0 Å². The lowest BCUT2D eigenvalue weighted by molar-refractivity contribution is 0.509. The first-order chi connectivity index (χ1) is 6.39. The average molecular weight is 238 g/mol. The third-order valence-electron chi connectivity index (χ3n) is 1.69. The van der Waals surface area contributed by atoms with Crippen molar-refractivity contribution in [1.29, 1.82) is 0 Å². The van der Waals surface area contributed by atoms with Crippen molar-refractivity contribution in [3.05, 3.63) is 17.7 Å². The van der Waals surface area contributed by atoms with Crippen molar-refractivity contribution < 1.29 is 8.42 Å². The van der Waals surface area contributed by atoms with E-state index < -0.39 is 10.2 Å². The van der Waals surface area contributed by atoms with Crippen LogP contribution in [0.5, 0.6) is 0 Å². The van der Waals surface area contributed by atoms with Crippen molar-refractivity contribution in [2.75, 3.05) is 14.1 Å². The van der Waals surface area contributed by atoms with E-state index in [4.69, 9.17) is 11.6 Å². The van der Waals surface area contributed by atoms with Crippen molar-refractivity contribution in [3.63, 3.8) is 0 Å². The van der Waals surface area contributed by atoms with E-state index in [-0.39, 0.29) is 5.88 Å². The molecule has 0 aromatic carbocycles. The van der Waals surface area contributed by atoms with E-state index in [1.165, 1.54) is 20.3 Å². The minimum absolute atomic E-state index is 0.0703. The highest BCUT2D eigenvalue weighted by Gasteiger charge is 2.20. The first-order valence-electron chi connectivity index (χ1n) is 3.93. The number of rotatable bonds is 3. The zero-order chi connectivity index (χ0) is 10.9. The zero-order valence-corrected chi connectivity index (χ0v) is 9.80. The molecule has 1 rings (SSSR count). The molecule has 0 atom stereocenters. The standard InChI is InChI=1S/C7H12ClN3O2S/c1-6-5-11(7(4-8)9-6)14(12,13)10(2)3/h5H,4H2,1-3H3. The molecule has 0 N–H and O–H groups in total. The Kier molecular flexibility index (Phi) is 3.18. The maximum absolute atomic E-state index is 11.7. The van der Waals surface area contributed by atoms with Crippen LogP contribution >= 0.6 is 11.6 Å². The third kappa shape index (κ3) is 1.92. The zero-order valence-electron chi connectivity index (χ0n) is 8.23. The van der Waals surface area contributed by atoms with E-state index in [9.17, 15) is 8.42 Å². The lowest BCUT2D eigenvalue weighted by Gasteiger charge is -2.13. The summed E-state index contributed by atoms with van der Waals surface area (Å²) in [5.41, 5.74) is 0.631. The summed E-state index contributed by atoms with van der Waals surface area (Å²) in [5.74, 6) is 0.402. The van der Waals surface area contributed by atoms with E-state index in [0.717, 1.165) is 8.28 Å². The molecule has 0 saturated carbocycles. The van der Waals surface area contributed by atoms with Crippen LogP contribution in [0, 0.1) is 6.92 Å². The predicted octanol–water partition coefficient (Wildman–Crippen LogP) is 0.585. The molecule has 0 saturated heterocycles. The number of halogens is 1. The average Bonchev–Trinajstić information content (AvgIpc) is 2.46. The van der Waals surface area contributed by atoms with Crippen LogP contribution in [0.4, 0.5) is 0 Å². The number of aryl methyl sites for hydroxylation is 1. The van der Waals surface area contributed by atoms with Gasteiger partial charge in [-0.05, 0) is 6.92 Å². The van der Waals surface area contributed by atoms with E-state index in [0.29, 0.717) is 11.5 Å². The molecule has 14 heavy (non-hydrogen) atoms. The fourth-order valence-electron chi connectivity index (χ4n) is 0.990. The number of nitrogens with zero attached hydrogens (tertiary/aromatic N) is 3. The fourth-order valence-corrected chi connectivity index (χ4v) is 2.26. The quantitative estimate of drug-likeness (QED) is 0.723. The molecule has 0 unspecified atom stereocenters. The molecule has 5 nitrogen and oxygen atoms in total. The molecule has 0 radical (unpaired) electrons. The van der Waals surface area contributed by atoms with Crippen LogP contribution in [-0.2, 0) is 16.1 Å². The number of imidazole rings is 1. The molecular weight excluding hydrogens is 226 g/mol. The normalized spacial score (nSPS) is 12.4. The second kappa shape index (κ2) is 3.88. The lowest BCUT2D eigenvalue weighted by Crippen LogP contribution is -2.29. The maximum Gasteiger partial charge on any atom is 0.308 e. The summed E-state index contributed by atoms with van der Waals surface area (Å²) in [7, 11) is -0.574. The van der Waals surface area contributed by atoms with Gasteiger partial charge in [0, 0.05) is 20.3 Å². The van der Waals surface area contributed by atoms with E-state index in [2.05, 4.69) is 4.98 Å². The van der Waals surface area contributed by atoms with Gasteiger partial charge in [-0.3, -0.25) is 0 Å². The molecule has 1 aromatic heterocycles. The van der Waals surface area contributed by atoms with Gasteiger partial charge in [0.15, 0.2) is 0 Å². The lowest BCUT2D eigenvalue weighted by atomic mass is 10.6. The van der Waals surface area contributed by atoms with Crippen LogP contribution in [0.2, 0.25) is 0 Å². The Labute approximate surface area is 88.5 Å². The van der Waals surface area contributed by atoms with Gasteiger partial charge in [-0.2, -0.15) is 12.7 Å². The fraction of sp³-hybridized carbons (Fsp3) is 0.571. The minimum atomic E-state index is -3.50. The topological polar surface area (TPSA) is 55.2 Å². The highest BCUT2D eigenvalue weighted by molar-refractivity contribution is 7.87. The highest BCUT2D eigenvalue weighted by Crippen LogP contribution is 2.10. The Balaban J connectivity index is 3.32. The molecule has 1 heterocycles. The molecule has 0 aliphatic carbocycles. The predicted molar refractivity (Wildman–Crippen MR) is 54.5 cm³/mol. The van der Waals surface area contributed by atoms with Crippen molar-refractivity contribution >= 4 is 21.8 Å². The number of hydrogen-bond donors (Lipinski definition) is 0. The van der Waals surface area contributed by atoms with Crippen LogP contribution in [-0.4, -0.2) is 35.8 Å². The van der Waals surface area contributed by atoms with Crippen molar-refractivity contribution in [3.8, 4) is 0 Å². The van der Waals surface area contributed by atoms with E-state index >= 15 is 0 Å². The van der Waals surface area contributed by atoms with Crippen LogP contribution in [0.15, 0.2) is 6.20 Å². The Hall–Kier alpha value is -0.590. The molecular formula is C7H12ClN3O2S. The monoisotopic (exact) mass is 237 g/mol. The summed E-state index contributed by atoms with van der Waals surface area (Å²) in [6, 6.07) is 0. The van der Waals surface area contributed by atoms with Crippen LogP contribution < -0.4 is 0 Å². The van der Waals surface area contributed by atoms with Gasteiger partial charge in [0.05, 0.1) is 11.6 Å². The molecule has 0 fully saturated rings. The first-order valence-corrected chi connectivity index (χ1v) is 5.86. The smallest absolute Gasteiger partial charge is 0.236 e. The summed E-state index contributed by atoms with van der Waals surface area (Å²) in [5, 5.41) is 0. The largest absolute Gasteiger partial charge is 0.308 e. The molecule has 0 spiro atoms. The van der Waals surface area contributed by atoms with E-state index in [1.807, 2.05) is 0 Å². The summed E-state index contributed by atoms with van der Waals surface area (Å²) in [6.07, 6.45) is 1.45. The van der Waals surface area contributed by atoms with Gasteiger partial charge < -0.3 is 0 Å². The number of hydrogen-bond acceptors (Lipinski definition) is 3. The third-order valence-corrected chi connectivity index (χ3v) is 3.67. The van der Waals surface area contributed by atoms with Gasteiger partial charge in [0.1, 0.15) is 5.82 Å². The Morgan fingerprint density at radius 1 is 1.57 bits per heavy atom. The Bertz CT molecular complexity index is 424.